The number of benzene rings is 2. The van der Waals surface area contributed by atoms with Crippen LogP contribution in [0.1, 0.15) is 29.2 Å². The van der Waals surface area contributed by atoms with E-state index in [0.29, 0.717) is 32.3 Å². The molecule has 0 radical (unpaired) electrons. The van der Waals surface area contributed by atoms with Crippen LogP contribution in [-0.4, -0.2) is 19.6 Å². The molecule has 0 aliphatic rings. The summed E-state index contributed by atoms with van der Waals surface area (Å²) in [6.45, 7) is 4.21. The largest absolute Gasteiger partial charge is 0.416 e. The second-order valence-electron chi connectivity index (χ2n) is 5.93. The van der Waals surface area contributed by atoms with Crippen molar-refractivity contribution in [3.8, 4) is 0 Å². The fourth-order valence-electron chi connectivity index (χ4n) is 2.38. The van der Waals surface area contributed by atoms with E-state index in [4.69, 9.17) is 4.74 Å². The second-order valence-corrected chi connectivity index (χ2v) is 5.93. The van der Waals surface area contributed by atoms with E-state index in [1.165, 1.54) is 12.1 Å². The first-order valence-corrected chi connectivity index (χ1v) is 8.68. The minimum absolute atomic E-state index is 0. The summed E-state index contributed by atoms with van der Waals surface area (Å²) in [6.07, 6.45) is -4.32. The van der Waals surface area contributed by atoms with Crippen molar-refractivity contribution in [1.29, 1.82) is 0 Å². The third-order valence-electron chi connectivity index (χ3n) is 3.92. The number of nitrogens with one attached hydrogen (secondary N) is 2. The van der Waals surface area contributed by atoms with Crippen molar-refractivity contribution in [2.24, 2.45) is 4.99 Å². The molecule has 2 rings (SSSR count). The Kier molecular flexibility index (Phi) is 10.3. The van der Waals surface area contributed by atoms with Crippen molar-refractivity contribution in [3.05, 3.63) is 70.8 Å². The minimum atomic E-state index is -4.32. The molecule has 0 aliphatic heterocycles. The van der Waals surface area contributed by atoms with Gasteiger partial charge in [-0.15, -0.1) is 24.0 Å². The Hall–Kier alpha value is -1.81. The maximum Gasteiger partial charge on any atom is 0.416 e. The number of rotatable bonds is 7. The van der Waals surface area contributed by atoms with Crippen LogP contribution in [0.2, 0.25) is 0 Å². The van der Waals surface area contributed by atoms with Crippen molar-refractivity contribution in [3.63, 3.8) is 0 Å². The molecule has 0 aliphatic carbocycles. The first kappa shape index (κ1) is 24.2. The normalized spacial score (nSPS) is 11.7. The third-order valence-corrected chi connectivity index (χ3v) is 3.92. The maximum absolute atomic E-state index is 12.6. The summed E-state index contributed by atoms with van der Waals surface area (Å²) in [4.78, 5) is 4.13. The highest BCUT2D eigenvalue weighted by molar-refractivity contribution is 14.0. The van der Waals surface area contributed by atoms with Gasteiger partial charge in [0.25, 0.3) is 0 Å². The highest BCUT2D eigenvalue weighted by Gasteiger charge is 2.29. The first-order chi connectivity index (χ1) is 12.9. The Morgan fingerprint density at radius 1 is 0.893 bits per heavy atom. The van der Waals surface area contributed by atoms with E-state index < -0.39 is 11.7 Å². The summed E-state index contributed by atoms with van der Waals surface area (Å²) in [5.74, 6) is 0.577. The van der Waals surface area contributed by atoms with Gasteiger partial charge in [-0.05, 0) is 35.7 Å². The topological polar surface area (TPSA) is 45.6 Å². The van der Waals surface area contributed by atoms with Gasteiger partial charge in [0.05, 0.1) is 12.2 Å². The van der Waals surface area contributed by atoms with Crippen LogP contribution in [0.25, 0.3) is 0 Å². The number of aliphatic imine (C=N–C) groups is 1. The molecule has 8 heteroatoms. The number of nitrogens with zero attached hydrogens (tertiary/aromatic N) is 1. The van der Waals surface area contributed by atoms with Crippen molar-refractivity contribution in [2.75, 3.05) is 13.7 Å². The zero-order valence-electron chi connectivity index (χ0n) is 15.8. The predicted octanol–water partition coefficient (Wildman–Crippen LogP) is 4.73. The van der Waals surface area contributed by atoms with Crippen LogP contribution in [0.4, 0.5) is 13.2 Å². The van der Waals surface area contributed by atoms with Gasteiger partial charge in [0.1, 0.15) is 0 Å². The number of guanidine groups is 1. The molecule has 0 spiro atoms. The predicted molar refractivity (Wildman–Crippen MR) is 116 cm³/mol. The van der Waals surface area contributed by atoms with Crippen LogP contribution in [-0.2, 0) is 30.6 Å². The summed E-state index contributed by atoms with van der Waals surface area (Å²) >= 11 is 0. The highest BCUT2D eigenvalue weighted by atomic mass is 127. The number of halogens is 4. The van der Waals surface area contributed by atoms with Crippen LogP contribution in [0, 0.1) is 0 Å². The molecule has 0 saturated carbocycles. The van der Waals surface area contributed by atoms with Crippen LogP contribution in [0.3, 0.4) is 0 Å². The lowest BCUT2D eigenvalue weighted by Crippen LogP contribution is -2.36. The lowest BCUT2D eigenvalue weighted by atomic mass is 10.1. The zero-order chi connectivity index (χ0) is 19.7. The van der Waals surface area contributed by atoms with Crippen molar-refractivity contribution >= 4 is 29.9 Å². The van der Waals surface area contributed by atoms with Crippen LogP contribution in [0.5, 0.6) is 0 Å². The maximum atomic E-state index is 12.6. The quantitative estimate of drug-likeness (QED) is 0.324. The fraction of sp³-hybridized carbons (Fsp3) is 0.350. The summed E-state index contributed by atoms with van der Waals surface area (Å²) in [7, 11) is 1.65. The molecular weight excluding hydrogens is 482 g/mol. The van der Waals surface area contributed by atoms with E-state index in [-0.39, 0.29) is 24.0 Å². The van der Waals surface area contributed by atoms with Crippen molar-refractivity contribution < 1.29 is 17.9 Å². The molecule has 0 fully saturated rings. The molecule has 0 atom stereocenters. The van der Waals surface area contributed by atoms with Crippen molar-refractivity contribution in [1.82, 2.24) is 10.6 Å². The Morgan fingerprint density at radius 3 is 1.79 bits per heavy atom. The second kappa shape index (κ2) is 11.9. The number of hydrogen-bond acceptors (Lipinski definition) is 2. The van der Waals surface area contributed by atoms with Gasteiger partial charge in [-0.25, -0.2) is 0 Å². The van der Waals surface area contributed by atoms with Crippen LogP contribution in [0.15, 0.2) is 53.5 Å². The highest BCUT2D eigenvalue weighted by Crippen LogP contribution is 2.29. The molecule has 154 valence electrons. The average Bonchev–Trinajstić information content (AvgIpc) is 2.67. The van der Waals surface area contributed by atoms with Gasteiger partial charge in [0.2, 0.25) is 0 Å². The molecule has 0 unspecified atom stereocenters. The van der Waals surface area contributed by atoms with Gasteiger partial charge in [-0.2, -0.15) is 13.2 Å². The lowest BCUT2D eigenvalue weighted by Gasteiger charge is -2.13. The molecule has 2 N–H and O–H groups in total. The third kappa shape index (κ3) is 8.05. The van der Waals surface area contributed by atoms with Crippen LogP contribution < -0.4 is 10.6 Å². The summed E-state index contributed by atoms with van der Waals surface area (Å²) in [5, 5.41) is 6.27. The molecule has 2 aromatic rings. The SMILES string of the molecule is CCOCc1ccc(CNC(=NC)NCc2ccc(C(F)(F)F)cc2)cc1.I. The molecule has 0 aromatic heterocycles. The fourth-order valence-corrected chi connectivity index (χ4v) is 2.38. The first-order valence-electron chi connectivity index (χ1n) is 8.68. The van der Waals surface area contributed by atoms with E-state index in [1.54, 1.807) is 7.05 Å². The summed E-state index contributed by atoms with van der Waals surface area (Å²) in [6, 6.07) is 13.2. The molecule has 0 heterocycles. The van der Waals surface area contributed by atoms with E-state index in [1.807, 2.05) is 31.2 Å². The van der Waals surface area contributed by atoms with Gasteiger partial charge in [0.15, 0.2) is 5.96 Å². The lowest BCUT2D eigenvalue weighted by molar-refractivity contribution is -0.137. The molecular formula is C20H25F3IN3O. The van der Waals surface area contributed by atoms with E-state index in [0.717, 1.165) is 28.8 Å². The Morgan fingerprint density at radius 2 is 1.36 bits per heavy atom. The van der Waals surface area contributed by atoms with E-state index in [9.17, 15) is 13.2 Å². The van der Waals surface area contributed by atoms with Gasteiger partial charge < -0.3 is 15.4 Å². The van der Waals surface area contributed by atoms with Gasteiger partial charge in [-0.3, -0.25) is 4.99 Å². The van der Waals surface area contributed by atoms with Gasteiger partial charge in [0, 0.05) is 26.7 Å². The molecule has 28 heavy (non-hydrogen) atoms. The standard InChI is InChI=1S/C20H24F3N3O.HI/c1-3-27-14-17-6-4-15(5-7-17)12-25-19(24-2)26-13-16-8-10-18(11-9-16)20(21,22)23;/h4-11H,3,12-14H2,1-2H3,(H2,24,25,26);1H. The number of alkyl halides is 3. The van der Waals surface area contributed by atoms with Crippen molar-refractivity contribution in [2.45, 2.75) is 32.8 Å². The van der Waals surface area contributed by atoms with Gasteiger partial charge >= 0.3 is 6.18 Å². The van der Waals surface area contributed by atoms with Gasteiger partial charge in [-0.1, -0.05) is 36.4 Å². The monoisotopic (exact) mass is 507 g/mol. The van der Waals surface area contributed by atoms with Crippen LogP contribution >= 0.6 is 24.0 Å². The Labute approximate surface area is 180 Å². The number of hydrogen-bond donors (Lipinski definition) is 2. The molecule has 0 bridgehead atoms. The average molecular weight is 507 g/mol. The molecule has 2 aromatic carbocycles. The van der Waals surface area contributed by atoms with E-state index in [2.05, 4.69) is 15.6 Å². The smallest absolute Gasteiger partial charge is 0.377 e. The molecule has 0 amide bonds. The Bertz CT molecular complexity index is 732. The zero-order valence-corrected chi connectivity index (χ0v) is 18.2. The molecule has 0 saturated heterocycles. The summed E-state index contributed by atoms with van der Waals surface area (Å²) < 4.78 is 43.1. The Balaban J connectivity index is 0.00000392. The minimum Gasteiger partial charge on any atom is -0.377 e. The number of ether oxygens (including phenoxy) is 1. The van der Waals surface area contributed by atoms with E-state index >= 15 is 0 Å². The summed E-state index contributed by atoms with van der Waals surface area (Å²) in [5.41, 5.74) is 2.30. The molecule has 4 nitrogen and oxygen atoms in total.